The summed E-state index contributed by atoms with van der Waals surface area (Å²) in [6.07, 6.45) is 8.56. The van der Waals surface area contributed by atoms with Gasteiger partial charge in [-0.2, -0.15) is 0 Å². The highest BCUT2D eigenvalue weighted by Gasteiger charge is 2.28. The topological polar surface area (TPSA) is 195 Å². The van der Waals surface area contributed by atoms with Gasteiger partial charge < -0.3 is 41.1 Å². The lowest BCUT2D eigenvalue weighted by Crippen LogP contribution is -2.48. The molecule has 1 fully saturated rings. The molecule has 0 radical (unpaired) electrons. The zero-order valence-electron chi connectivity index (χ0n) is 26.9. The van der Waals surface area contributed by atoms with Crippen molar-refractivity contribution in [3.63, 3.8) is 0 Å². The molecule has 0 saturated carbocycles. The van der Waals surface area contributed by atoms with E-state index in [1.165, 1.54) is 7.11 Å². The molecule has 0 spiro atoms. The zero-order chi connectivity index (χ0) is 33.6. The van der Waals surface area contributed by atoms with E-state index in [2.05, 4.69) is 36.2 Å². The summed E-state index contributed by atoms with van der Waals surface area (Å²) in [6.45, 7) is 7.13. The first-order valence-electron chi connectivity index (χ1n) is 15.3. The third-order valence-electron chi connectivity index (χ3n) is 6.96. The summed E-state index contributed by atoms with van der Waals surface area (Å²) in [5, 5.41) is 12.1. The molecule has 15 heteroatoms. The number of ether oxygens (including phenoxy) is 1. The van der Waals surface area contributed by atoms with E-state index in [1.54, 1.807) is 0 Å². The van der Waals surface area contributed by atoms with Crippen LogP contribution in [0.25, 0.3) is 0 Å². The maximum Gasteiger partial charge on any atom is 0.325 e. The van der Waals surface area contributed by atoms with Gasteiger partial charge in [-0.25, -0.2) is 0 Å². The second kappa shape index (κ2) is 22.3. The maximum atomic E-state index is 12.6. The highest BCUT2D eigenvalue weighted by atomic mass is 16.5. The minimum atomic E-state index is -0.634. The van der Waals surface area contributed by atoms with E-state index in [0.29, 0.717) is 25.9 Å². The molecular formula is C30H49N7O8. The number of rotatable bonds is 19. The van der Waals surface area contributed by atoms with Crippen LogP contribution in [0.1, 0.15) is 59.3 Å². The van der Waals surface area contributed by atoms with Crippen molar-refractivity contribution < 1.29 is 38.3 Å². The molecule has 1 aliphatic rings. The highest BCUT2D eigenvalue weighted by Crippen LogP contribution is 2.22. The van der Waals surface area contributed by atoms with Crippen molar-refractivity contribution in [3.8, 4) is 0 Å². The number of hydrogen-bond donors (Lipinski definition) is 5. The summed E-state index contributed by atoms with van der Waals surface area (Å²) < 4.78 is 4.37. The Morgan fingerprint density at radius 2 is 1.29 bits per heavy atom. The summed E-state index contributed by atoms with van der Waals surface area (Å²) in [7, 11) is 1.17. The average Bonchev–Trinajstić information content (AvgIpc) is 3.04. The Morgan fingerprint density at radius 3 is 1.78 bits per heavy atom. The summed E-state index contributed by atoms with van der Waals surface area (Å²) >= 11 is 0. The number of nitrogens with zero attached hydrogens (tertiary/aromatic N) is 2. The van der Waals surface area contributed by atoms with E-state index < -0.39 is 36.1 Å². The van der Waals surface area contributed by atoms with Gasteiger partial charge in [-0.3, -0.25) is 33.6 Å². The number of amides is 6. The van der Waals surface area contributed by atoms with Gasteiger partial charge in [0.2, 0.25) is 35.4 Å². The Morgan fingerprint density at radius 1 is 0.778 bits per heavy atom. The molecule has 1 heterocycles. The number of hydrogen-bond acceptors (Lipinski definition) is 9. The van der Waals surface area contributed by atoms with Crippen LogP contribution in [0.2, 0.25) is 0 Å². The fraction of sp³-hybridized carbons (Fsp3) is 0.633. The normalized spacial score (nSPS) is 13.9. The van der Waals surface area contributed by atoms with E-state index in [9.17, 15) is 33.6 Å². The van der Waals surface area contributed by atoms with E-state index in [0.717, 1.165) is 31.6 Å². The molecule has 0 atom stereocenters. The first-order valence-corrected chi connectivity index (χ1v) is 15.3. The number of methoxy groups -OCH3 is 1. The molecule has 6 amide bonds. The molecule has 0 aliphatic carbocycles. The maximum absolute atomic E-state index is 12.6. The van der Waals surface area contributed by atoms with Crippen LogP contribution in [0, 0.1) is 0 Å². The molecule has 0 bridgehead atoms. The number of likely N-dealkylation sites (tertiary alicyclic amines) is 1. The van der Waals surface area contributed by atoms with Crippen molar-refractivity contribution in [2.45, 2.75) is 65.3 Å². The number of carbonyl (C=O) groups is 7. The third-order valence-corrected chi connectivity index (χ3v) is 6.96. The summed E-state index contributed by atoms with van der Waals surface area (Å²) in [5.74, 6) is -2.91. The molecule has 5 N–H and O–H groups in total. The van der Waals surface area contributed by atoms with Crippen LogP contribution in [-0.2, 0) is 38.3 Å². The Bertz CT molecular complexity index is 1080. The predicted molar refractivity (Wildman–Crippen MR) is 166 cm³/mol. The van der Waals surface area contributed by atoms with Crippen LogP contribution >= 0.6 is 0 Å². The van der Waals surface area contributed by atoms with Gasteiger partial charge in [-0.1, -0.05) is 19.1 Å². The quantitative estimate of drug-likeness (QED) is 0.0882. The van der Waals surface area contributed by atoms with E-state index >= 15 is 0 Å². The zero-order valence-corrected chi connectivity index (χ0v) is 26.9. The van der Waals surface area contributed by atoms with E-state index in [-0.39, 0.29) is 50.3 Å². The van der Waals surface area contributed by atoms with Gasteiger partial charge in [0.15, 0.2) is 0 Å². The second-order valence-corrected chi connectivity index (χ2v) is 10.3. The first-order chi connectivity index (χ1) is 21.5. The van der Waals surface area contributed by atoms with Crippen molar-refractivity contribution in [1.29, 1.82) is 0 Å². The van der Waals surface area contributed by atoms with Gasteiger partial charge in [0.1, 0.15) is 6.54 Å². The highest BCUT2D eigenvalue weighted by molar-refractivity contribution is 5.90. The van der Waals surface area contributed by atoms with Crippen LogP contribution in [0.5, 0.6) is 0 Å². The Hall–Kier alpha value is -4.27. The lowest BCUT2D eigenvalue weighted by Gasteiger charge is -2.39. The van der Waals surface area contributed by atoms with Gasteiger partial charge in [0.05, 0.1) is 26.7 Å². The fourth-order valence-corrected chi connectivity index (χ4v) is 4.52. The van der Waals surface area contributed by atoms with Crippen LogP contribution < -0.4 is 26.6 Å². The molecule has 1 aliphatic heterocycles. The molecule has 1 rings (SSSR count). The monoisotopic (exact) mass is 635 g/mol. The molecular weight excluding hydrogens is 586 g/mol. The van der Waals surface area contributed by atoms with Crippen molar-refractivity contribution >= 4 is 41.4 Å². The van der Waals surface area contributed by atoms with Gasteiger partial charge in [-0.15, -0.1) is 0 Å². The fourth-order valence-electron chi connectivity index (χ4n) is 4.52. The predicted octanol–water partition coefficient (Wildman–Crippen LogP) is -0.906. The molecule has 15 nitrogen and oxygen atoms in total. The average molecular weight is 636 g/mol. The SMILES string of the molecule is C/C=C\C(=C/C)N(C(=O)CC)C1CCN(CCNC(=O)CCCC(=O)NCC(=O)NCC(=O)NCC(=O)NCC(=O)OC)CC1. The molecule has 45 heavy (non-hydrogen) atoms. The molecule has 0 aromatic heterocycles. The Balaban J connectivity index is 2.18. The van der Waals surface area contributed by atoms with Crippen molar-refractivity contribution in [2.75, 3.05) is 59.5 Å². The number of allylic oxidation sites excluding steroid dienone is 3. The molecule has 1 saturated heterocycles. The minimum absolute atomic E-state index is 0.0593. The summed E-state index contributed by atoms with van der Waals surface area (Å²) in [6, 6.07) is 0.147. The third kappa shape index (κ3) is 16.4. The lowest BCUT2D eigenvalue weighted by molar-refractivity contribution is -0.141. The van der Waals surface area contributed by atoms with E-state index in [1.807, 2.05) is 43.9 Å². The van der Waals surface area contributed by atoms with Gasteiger partial charge in [0, 0.05) is 57.2 Å². The Labute approximate surface area is 264 Å². The smallest absolute Gasteiger partial charge is 0.325 e. The largest absolute Gasteiger partial charge is 0.468 e. The summed E-state index contributed by atoms with van der Waals surface area (Å²) in [4.78, 5) is 87.1. The van der Waals surface area contributed by atoms with Crippen LogP contribution in [0.3, 0.4) is 0 Å². The summed E-state index contributed by atoms with van der Waals surface area (Å²) in [5.41, 5.74) is 0.923. The number of carbonyl (C=O) groups excluding carboxylic acids is 7. The molecule has 0 aromatic carbocycles. The van der Waals surface area contributed by atoms with E-state index in [4.69, 9.17) is 0 Å². The van der Waals surface area contributed by atoms with Crippen molar-refractivity contribution in [3.05, 3.63) is 23.9 Å². The van der Waals surface area contributed by atoms with Crippen LogP contribution in [0.15, 0.2) is 23.9 Å². The minimum Gasteiger partial charge on any atom is -0.468 e. The first kappa shape index (κ1) is 38.8. The number of piperidine rings is 1. The molecule has 0 aromatic rings. The molecule has 0 unspecified atom stereocenters. The molecule has 252 valence electrons. The van der Waals surface area contributed by atoms with Crippen molar-refractivity contribution in [2.24, 2.45) is 0 Å². The van der Waals surface area contributed by atoms with Gasteiger partial charge >= 0.3 is 5.97 Å². The standard InChI is InChI=1S/C30H49N7O8/c1-5-9-22(6-2)37(29(43)7-3)23-12-15-36(16-13-23)17-14-31-24(38)10-8-11-25(39)32-18-26(40)33-19-27(41)34-20-28(42)35-21-30(44)45-4/h5-6,9,23H,7-8,10-21H2,1-4H3,(H,31,38)(H,32,39)(H,33,40)(H,34,41)(H,35,42)/b9-5-,22-6+. The van der Waals surface area contributed by atoms with Crippen molar-refractivity contribution in [1.82, 2.24) is 36.4 Å². The lowest BCUT2D eigenvalue weighted by atomic mass is 10.0. The number of nitrogens with one attached hydrogen (secondary N) is 5. The second-order valence-electron chi connectivity index (χ2n) is 10.3. The Kier molecular flexibility index (Phi) is 19.2. The van der Waals surface area contributed by atoms with Gasteiger partial charge in [0.25, 0.3) is 0 Å². The van der Waals surface area contributed by atoms with Crippen LogP contribution in [-0.4, -0.2) is 117 Å². The van der Waals surface area contributed by atoms with Gasteiger partial charge in [-0.05, 0) is 39.2 Å². The number of esters is 1. The van der Waals surface area contributed by atoms with Crippen LogP contribution in [0.4, 0.5) is 0 Å².